The number of carbonyl (C=O) groups excluding carboxylic acids is 1. The number of nitrogens with one attached hydrogen (secondary N) is 2. The summed E-state index contributed by atoms with van der Waals surface area (Å²) in [6.45, 7) is 0.768. The van der Waals surface area contributed by atoms with Crippen LogP contribution < -0.4 is 5.32 Å². The first-order valence-corrected chi connectivity index (χ1v) is 10.2. The van der Waals surface area contributed by atoms with Gasteiger partial charge >= 0.3 is 6.03 Å². The van der Waals surface area contributed by atoms with Crippen LogP contribution in [0.1, 0.15) is 24.4 Å². The summed E-state index contributed by atoms with van der Waals surface area (Å²) in [5.41, 5.74) is 6.27. The van der Waals surface area contributed by atoms with Gasteiger partial charge in [-0.25, -0.2) is 14.8 Å². The van der Waals surface area contributed by atoms with Gasteiger partial charge in [-0.2, -0.15) is 0 Å². The Bertz CT molecular complexity index is 1110. The van der Waals surface area contributed by atoms with E-state index in [9.17, 15) is 4.79 Å². The van der Waals surface area contributed by atoms with Crippen molar-refractivity contribution in [2.24, 2.45) is 0 Å². The Kier molecular flexibility index (Phi) is 4.29. The lowest BCUT2D eigenvalue weighted by molar-refractivity contribution is 0.207. The molecule has 28 heavy (non-hydrogen) atoms. The molecular weight excluding hydrogens is 370 g/mol. The normalized spacial score (nSPS) is 16.6. The molecule has 2 aromatic heterocycles. The number of hydrogen-bond donors (Lipinski definition) is 2. The van der Waals surface area contributed by atoms with Crippen LogP contribution in [-0.2, 0) is 0 Å². The lowest BCUT2D eigenvalue weighted by Crippen LogP contribution is -2.34. The molecule has 1 unspecified atom stereocenters. The SMILES string of the molecule is O=C(Nc1ccc2[nH]c(-c3cscn3)nc2c1)N1CCCC1c1ccccc1. The molecule has 7 heteroatoms. The van der Waals surface area contributed by atoms with Crippen LogP contribution >= 0.6 is 11.3 Å². The van der Waals surface area contributed by atoms with E-state index in [4.69, 9.17) is 0 Å². The number of carbonyl (C=O) groups is 1. The van der Waals surface area contributed by atoms with E-state index >= 15 is 0 Å². The number of hydrogen-bond acceptors (Lipinski definition) is 4. The van der Waals surface area contributed by atoms with Crippen molar-refractivity contribution >= 4 is 34.1 Å². The maximum absolute atomic E-state index is 12.9. The Morgan fingerprint density at radius 1 is 1.21 bits per heavy atom. The Balaban J connectivity index is 1.36. The fourth-order valence-electron chi connectivity index (χ4n) is 3.76. The molecule has 0 aliphatic carbocycles. The van der Waals surface area contributed by atoms with E-state index in [1.54, 1.807) is 5.51 Å². The molecule has 1 saturated heterocycles. The van der Waals surface area contributed by atoms with Crippen molar-refractivity contribution in [2.75, 3.05) is 11.9 Å². The number of likely N-dealkylation sites (tertiary alicyclic amines) is 1. The zero-order valence-corrected chi connectivity index (χ0v) is 15.9. The summed E-state index contributed by atoms with van der Waals surface area (Å²) in [6, 6.07) is 16.0. The van der Waals surface area contributed by atoms with Gasteiger partial charge in [-0.3, -0.25) is 0 Å². The molecule has 1 aliphatic rings. The fraction of sp³-hybridized carbons (Fsp3) is 0.190. The van der Waals surface area contributed by atoms with Crippen LogP contribution in [0.3, 0.4) is 0 Å². The number of thiazole rings is 1. The van der Waals surface area contributed by atoms with Crippen molar-refractivity contribution in [3.63, 3.8) is 0 Å². The van der Waals surface area contributed by atoms with Crippen molar-refractivity contribution < 1.29 is 4.79 Å². The second-order valence-corrected chi connectivity index (χ2v) is 7.60. The van der Waals surface area contributed by atoms with Crippen LogP contribution in [0, 0.1) is 0 Å². The summed E-state index contributed by atoms with van der Waals surface area (Å²) in [6.07, 6.45) is 2.01. The van der Waals surface area contributed by atoms with E-state index in [2.05, 4.69) is 32.4 Å². The molecule has 0 spiro atoms. The quantitative estimate of drug-likeness (QED) is 0.515. The number of benzene rings is 2. The van der Waals surface area contributed by atoms with Crippen molar-refractivity contribution in [1.82, 2.24) is 19.9 Å². The summed E-state index contributed by atoms with van der Waals surface area (Å²) in [7, 11) is 0. The van der Waals surface area contributed by atoms with Crippen molar-refractivity contribution in [2.45, 2.75) is 18.9 Å². The van der Waals surface area contributed by atoms with Gasteiger partial charge in [0.15, 0.2) is 5.82 Å². The third-order valence-corrected chi connectivity index (χ3v) is 5.69. The molecule has 0 radical (unpaired) electrons. The van der Waals surface area contributed by atoms with E-state index in [1.165, 1.54) is 16.9 Å². The Morgan fingerprint density at radius 3 is 2.93 bits per heavy atom. The van der Waals surface area contributed by atoms with Crippen molar-refractivity contribution in [1.29, 1.82) is 0 Å². The van der Waals surface area contributed by atoms with Gasteiger partial charge < -0.3 is 15.2 Å². The molecule has 0 bridgehead atoms. The molecule has 140 valence electrons. The number of H-pyrrole nitrogens is 1. The minimum atomic E-state index is -0.0686. The summed E-state index contributed by atoms with van der Waals surface area (Å²) < 4.78 is 0. The molecule has 0 saturated carbocycles. The number of fused-ring (bicyclic) bond motifs is 1. The number of rotatable bonds is 3. The van der Waals surface area contributed by atoms with Crippen LogP contribution in [-0.4, -0.2) is 32.4 Å². The second kappa shape index (κ2) is 7.09. The first-order chi connectivity index (χ1) is 13.8. The summed E-state index contributed by atoms with van der Waals surface area (Å²) in [5.74, 6) is 0.739. The topological polar surface area (TPSA) is 73.9 Å². The van der Waals surface area contributed by atoms with Crippen LogP contribution in [0.2, 0.25) is 0 Å². The molecule has 1 aliphatic heterocycles. The number of aromatic nitrogens is 3. The molecule has 6 nitrogen and oxygen atoms in total. The van der Waals surface area contributed by atoms with Gasteiger partial charge in [-0.05, 0) is 36.6 Å². The highest BCUT2D eigenvalue weighted by Crippen LogP contribution is 2.32. The summed E-state index contributed by atoms with van der Waals surface area (Å²) in [5, 5.41) is 5.00. The summed E-state index contributed by atoms with van der Waals surface area (Å²) >= 11 is 1.53. The molecular formula is C21H19N5OS. The van der Waals surface area contributed by atoms with Gasteiger partial charge in [0.05, 0.1) is 22.6 Å². The van der Waals surface area contributed by atoms with Crippen molar-refractivity contribution in [3.8, 4) is 11.5 Å². The zero-order chi connectivity index (χ0) is 18.9. The van der Waals surface area contributed by atoms with Crippen LogP contribution in [0.4, 0.5) is 10.5 Å². The number of aromatic amines is 1. The lowest BCUT2D eigenvalue weighted by Gasteiger charge is -2.25. The van der Waals surface area contributed by atoms with Crippen LogP contribution in [0.25, 0.3) is 22.6 Å². The van der Waals surface area contributed by atoms with E-state index in [0.29, 0.717) is 0 Å². The monoisotopic (exact) mass is 389 g/mol. The molecule has 2 aromatic carbocycles. The Hall–Kier alpha value is -3.19. The van der Waals surface area contributed by atoms with Gasteiger partial charge in [0.25, 0.3) is 0 Å². The van der Waals surface area contributed by atoms with Gasteiger partial charge in [-0.15, -0.1) is 11.3 Å². The van der Waals surface area contributed by atoms with E-state index in [-0.39, 0.29) is 12.1 Å². The highest BCUT2D eigenvalue weighted by atomic mass is 32.1. The average molecular weight is 389 g/mol. The Labute approximate surface area is 166 Å². The Morgan fingerprint density at radius 2 is 2.11 bits per heavy atom. The molecule has 5 rings (SSSR count). The van der Waals surface area contributed by atoms with Gasteiger partial charge in [0.2, 0.25) is 0 Å². The fourth-order valence-corrected chi connectivity index (χ4v) is 4.30. The first kappa shape index (κ1) is 16.9. The highest BCUT2D eigenvalue weighted by Gasteiger charge is 2.29. The minimum absolute atomic E-state index is 0.0686. The maximum Gasteiger partial charge on any atom is 0.322 e. The number of nitrogens with zero attached hydrogens (tertiary/aromatic N) is 3. The third-order valence-electron chi connectivity index (χ3n) is 5.11. The zero-order valence-electron chi connectivity index (χ0n) is 15.1. The smallest absolute Gasteiger partial charge is 0.322 e. The predicted octanol–water partition coefficient (Wildman–Crippen LogP) is 5.06. The number of amides is 2. The predicted molar refractivity (Wildman–Crippen MR) is 111 cm³/mol. The molecule has 2 N–H and O–H groups in total. The van der Waals surface area contributed by atoms with E-state index in [0.717, 1.165) is 47.6 Å². The standard InChI is InChI=1S/C21H19N5OS/c27-21(26-10-4-7-19(26)14-5-2-1-3-6-14)23-15-8-9-16-17(11-15)25-20(24-16)18-12-28-13-22-18/h1-3,5-6,8-9,11-13,19H,4,7,10H2,(H,23,27)(H,24,25). The molecule has 2 amide bonds. The second-order valence-electron chi connectivity index (χ2n) is 6.88. The van der Waals surface area contributed by atoms with Crippen molar-refractivity contribution in [3.05, 3.63) is 65.0 Å². The number of imidazole rings is 1. The van der Waals surface area contributed by atoms with Gasteiger partial charge in [0, 0.05) is 17.6 Å². The number of anilines is 1. The van der Waals surface area contributed by atoms with E-state index in [1.807, 2.05) is 46.7 Å². The van der Waals surface area contributed by atoms with E-state index < -0.39 is 0 Å². The average Bonchev–Trinajstić information content (AvgIpc) is 3.47. The summed E-state index contributed by atoms with van der Waals surface area (Å²) in [4.78, 5) is 27.0. The largest absolute Gasteiger partial charge is 0.337 e. The molecule has 4 aromatic rings. The first-order valence-electron chi connectivity index (χ1n) is 9.29. The molecule has 1 fully saturated rings. The number of urea groups is 1. The third kappa shape index (κ3) is 3.14. The van der Waals surface area contributed by atoms with Gasteiger partial charge in [-0.1, -0.05) is 30.3 Å². The minimum Gasteiger partial charge on any atom is -0.337 e. The maximum atomic E-state index is 12.9. The molecule has 3 heterocycles. The lowest BCUT2D eigenvalue weighted by atomic mass is 10.1. The molecule has 1 atom stereocenters. The highest BCUT2D eigenvalue weighted by molar-refractivity contribution is 7.07. The van der Waals surface area contributed by atoms with Crippen LogP contribution in [0.15, 0.2) is 59.4 Å². The van der Waals surface area contributed by atoms with Crippen LogP contribution in [0.5, 0.6) is 0 Å². The van der Waals surface area contributed by atoms with Gasteiger partial charge in [0.1, 0.15) is 5.69 Å².